The van der Waals surface area contributed by atoms with E-state index in [2.05, 4.69) is 10.6 Å². The Kier molecular flexibility index (Phi) is 6.94. The monoisotopic (exact) mass is 508 g/mol. The zero-order valence-corrected chi connectivity index (χ0v) is 21.1. The first-order valence-corrected chi connectivity index (χ1v) is 12.3. The molecule has 0 saturated carbocycles. The summed E-state index contributed by atoms with van der Waals surface area (Å²) in [6.45, 7) is 0. The third-order valence-electron chi connectivity index (χ3n) is 7.23. The number of hydrogen-bond donors (Lipinski definition) is 2. The lowest BCUT2D eigenvalue weighted by atomic mass is 9.72. The van der Waals surface area contributed by atoms with Crippen LogP contribution in [-0.2, 0) is 19.1 Å². The molecule has 0 radical (unpaired) electrons. The van der Waals surface area contributed by atoms with E-state index in [0.717, 1.165) is 10.8 Å². The predicted molar refractivity (Wildman–Crippen MR) is 143 cm³/mol. The van der Waals surface area contributed by atoms with E-state index in [1.54, 1.807) is 24.3 Å². The van der Waals surface area contributed by atoms with E-state index in [1.807, 2.05) is 78.9 Å². The molecule has 1 amide bonds. The Labute approximate surface area is 220 Å². The molecular weight excluding hydrogens is 480 g/mol. The second-order valence-electron chi connectivity index (χ2n) is 9.28. The Morgan fingerprint density at radius 1 is 0.737 bits per heavy atom. The van der Waals surface area contributed by atoms with Crippen LogP contribution in [0.2, 0.25) is 0 Å². The molecular formula is C31H28N2O5. The fourth-order valence-electron chi connectivity index (χ4n) is 5.51. The molecule has 7 nitrogen and oxygen atoms in total. The Morgan fingerprint density at radius 3 is 2.03 bits per heavy atom. The zero-order valence-electron chi connectivity index (χ0n) is 21.1. The van der Waals surface area contributed by atoms with Crippen molar-refractivity contribution in [3.63, 3.8) is 0 Å². The van der Waals surface area contributed by atoms with Gasteiger partial charge < -0.3 is 14.8 Å². The summed E-state index contributed by atoms with van der Waals surface area (Å²) in [4.78, 5) is 40.9. The molecule has 4 aromatic rings. The number of rotatable bonds is 6. The number of nitrogens with one attached hydrogen (secondary N) is 2. The highest BCUT2D eigenvalue weighted by Gasteiger charge is 2.64. The maximum atomic E-state index is 14.0. The van der Waals surface area contributed by atoms with Crippen molar-refractivity contribution in [1.82, 2.24) is 10.6 Å². The van der Waals surface area contributed by atoms with Gasteiger partial charge in [-0.25, -0.2) is 4.79 Å². The molecule has 4 aromatic carbocycles. The molecule has 4 atom stereocenters. The van der Waals surface area contributed by atoms with Crippen LogP contribution in [0.3, 0.4) is 0 Å². The van der Waals surface area contributed by atoms with Gasteiger partial charge in [-0.15, -0.1) is 0 Å². The summed E-state index contributed by atoms with van der Waals surface area (Å²) in [7, 11) is 2.59. The Balaban J connectivity index is 1.77. The minimum atomic E-state index is -1.69. The van der Waals surface area contributed by atoms with Crippen molar-refractivity contribution < 1.29 is 23.9 Å². The van der Waals surface area contributed by atoms with E-state index in [4.69, 9.17) is 9.47 Å². The Hall–Kier alpha value is -4.49. The minimum absolute atomic E-state index is 0.376. The van der Waals surface area contributed by atoms with Crippen LogP contribution in [0.5, 0.6) is 0 Å². The fraction of sp³-hybridized carbons (Fsp3) is 0.194. The normalized spacial score (nSPS) is 22.5. The van der Waals surface area contributed by atoms with Gasteiger partial charge in [0.15, 0.2) is 5.54 Å². The first-order valence-electron chi connectivity index (χ1n) is 12.3. The van der Waals surface area contributed by atoms with Crippen LogP contribution >= 0.6 is 0 Å². The molecule has 1 heterocycles. The number of carbonyl (C=O) groups excluding carboxylic acids is 3. The van der Waals surface area contributed by atoms with Gasteiger partial charge in [0.25, 0.3) is 5.91 Å². The Bertz CT molecular complexity index is 1470. The van der Waals surface area contributed by atoms with Gasteiger partial charge in [-0.1, -0.05) is 91.0 Å². The molecule has 1 saturated heterocycles. The van der Waals surface area contributed by atoms with E-state index in [0.29, 0.717) is 16.7 Å². The molecule has 1 aliphatic rings. The SMILES string of the molecule is COC(=O)[C@@H]1N[C@H](c2ccccc2)[C@](NC(=O)c2ccccc2)(C(=O)OC)[C@H]1c1ccc2ccccc2c1. The van der Waals surface area contributed by atoms with E-state index in [-0.39, 0.29) is 0 Å². The van der Waals surface area contributed by atoms with Crippen molar-refractivity contribution in [3.05, 3.63) is 120 Å². The third kappa shape index (κ3) is 4.31. The van der Waals surface area contributed by atoms with Gasteiger partial charge in [0.1, 0.15) is 6.04 Å². The number of ether oxygens (including phenoxy) is 2. The second-order valence-corrected chi connectivity index (χ2v) is 9.28. The number of methoxy groups -OCH3 is 2. The predicted octanol–water partition coefficient (Wildman–Crippen LogP) is 4.15. The lowest BCUT2D eigenvalue weighted by Crippen LogP contribution is -2.61. The molecule has 192 valence electrons. The smallest absolute Gasteiger partial charge is 0.334 e. The standard InChI is InChI=1S/C31H28N2O5/c1-37-29(35)26-25(24-18-17-20-11-9-10-16-23(20)19-24)31(30(36)38-2,27(32-26)21-12-5-3-6-13-21)33-28(34)22-14-7-4-8-15-22/h3-19,25-27,32H,1-2H3,(H,33,34)/t25-,26+,27+,31-/m0/s1. The van der Waals surface area contributed by atoms with E-state index < -0.39 is 41.4 Å². The third-order valence-corrected chi connectivity index (χ3v) is 7.23. The van der Waals surface area contributed by atoms with E-state index in [1.165, 1.54) is 14.2 Å². The van der Waals surface area contributed by atoms with Gasteiger partial charge in [-0.3, -0.25) is 14.9 Å². The first-order chi connectivity index (χ1) is 18.5. The molecule has 0 aliphatic carbocycles. The summed E-state index contributed by atoms with van der Waals surface area (Å²) in [6, 6.07) is 29.7. The van der Waals surface area contributed by atoms with Gasteiger partial charge in [-0.05, 0) is 34.0 Å². The zero-order chi connectivity index (χ0) is 26.7. The molecule has 38 heavy (non-hydrogen) atoms. The molecule has 1 fully saturated rings. The van der Waals surface area contributed by atoms with Crippen molar-refractivity contribution in [1.29, 1.82) is 0 Å². The molecule has 7 heteroatoms. The van der Waals surface area contributed by atoms with Gasteiger partial charge in [0, 0.05) is 11.5 Å². The van der Waals surface area contributed by atoms with E-state index in [9.17, 15) is 14.4 Å². The van der Waals surface area contributed by atoms with E-state index >= 15 is 0 Å². The van der Waals surface area contributed by atoms with Crippen LogP contribution < -0.4 is 10.6 Å². The van der Waals surface area contributed by atoms with Crippen molar-refractivity contribution >= 4 is 28.6 Å². The molecule has 0 spiro atoms. The van der Waals surface area contributed by atoms with Crippen LogP contribution in [0.15, 0.2) is 103 Å². The lowest BCUT2D eigenvalue weighted by molar-refractivity contribution is -0.150. The maximum absolute atomic E-state index is 14.0. The Morgan fingerprint density at radius 2 is 1.37 bits per heavy atom. The maximum Gasteiger partial charge on any atom is 0.334 e. The first kappa shape index (κ1) is 25.2. The highest BCUT2D eigenvalue weighted by molar-refractivity contribution is 6.00. The largest absolute Gasteiger partial charge is 0.468 e. The summed E-state index contributed by atoms with van der Waals surface area (Å²) in [5.74, 6) is -2.54. The summed E-state index contributed by atoms with van der Waals surface area (Å²) in [5, 5.41) is 8.30. The van der Waals surface area contributed by atoms with Crippen LogP contribution in [0.1, 0.15) is 33.4 Å². The summed E-state index contributed by atoms with van der Waals surface area (Å²) < 4.78 is 10.6. The highest BCUT2D eigenvalue weighted by atomic mass is 16.5. The number of benzene rings is 4. The molecule has 0 bridgehead atoms. The van der Waals surface area contributed by atoms with Crippen molar-refractivity contribution in [3.8, 4) is 0 Å². The van der Waals surface area contributed by atoms with Gasteiger partial charge in [-0.2, -0.15) is 0 Å². The summed E-state index contributed by atoms with van der Waals surface area (Å²) >= 11 is 0. The summed E-state index contributed by atoms with van der Waals surface area (Å²) in [6.07, 6.45) is 0. The number of amides is 1. The van der Waals surface area contributed by atoms with Crippen molar-refractivity contribution in [2.24, 2.45) is 0 Å². The topological polar surface area (TPSA) is 93.7 Å². The average molecular weight is 509 g/mol. The van der Waals surface area contributed by atoms with Crippen LogP contribution in [0, 0.1) is 0 Å². The average Bonchev–Trinajstić information content (AvgIpc) is 3.32. The number of esters is 2. The van der Waals surface area contributed by atoms with Crippen LogP contribution in [0.4, 0.5) is 0 Å². The molecule has 1 aliphatic heterocycles. The number of fused-ring (bicyclic) bond motifs is 1. The lowest BCUT2D eigenvalue weighted by Gasteiger charge is -2.38. The highest BCUT2D eigenvalue weighted by Crippen LogP contribution is 2.48. The van der Waals surface area contributed by atoms with Crippen LogP contribution in [-0.4, -0.2) is 43.6 Å². The second kappa shape index (κ2) is 10.5. The van der Waals surface area contributed by atoms with Crippen LogP contribution in [0.25, 0.3) is 10.8 Å². The van der Waals surface area contributed by atoms with Gasteiger partial charge in [0.2, 0.25) is 0 Å². The molecule has 0 aromatic heterocycles. The fourth-order valence-corrected chi connectivity index (χ4v) is 5.51. The number of carbonyl (C=O) groups is 3. The molecule has 0 unspecified atom stereocenters. The van der Waals surface area contributed by atoms with Gasteiger partial charge in [0.05, 0.1) is 20.3 Å². The molecule has 5 rings (SSSR count). The number of hydrogen-bond acceptors (Lipinski definition) is 6. The van der Waals surface area contributed by atoms with Crippen molar-refractivity contribution in [2.45, 2.75) is 23.5 Å². The minimum Gasteiger partial charge on any atom is -0.468 e. The van der Waals surface area contributed by atoms with Crippen molar-refractivity contribution in [2.75, 3.05) is 14.2 Å². The summed E-state index contributed by atoms with van der Waals surface area (Å²) in [5.41, 5.74) is 0.0817. The quantitative estimate of drug-likeness (QED) is 0.380. The van der Waals surface area contributed by atoms with Gasteiger partial charge >= 0.3 is 11.9 Å². The molecule has 2 N–H and O–H groups in total.